The normalized spacial score (nSPS) is 14.1. The molecule has 1 aliphatic heterocycles. The van der Waals surface area contributed by atoms with Crippen molar-refractivity contribution < 1.29 is 9.63 Å². The van der Waals surface area contributed by atoms with E-state index in [2.05, 4.69) is 0 Å². The minimum atomic E-state index is -0.0925. The van der Waals surface area contributed by atoms with E-state index in [9.17, 15) is 4.79 Å². The van der Waals surface area contributed by atoms with E-state index in [0.29, 0.717) is 18.7 Å². The van der Waals surface area contributed by atoms with Gasteiger partial charge in [0, 0.05) is 5.56 Å². The molecule has 0 atom stereocenters. The minimum Gasteiger partial charge on any atom is -0.267 e. The highest BCUT2D eigenvalue weighted by molar-refractivity contribution is 5.93. The number of amides is 1. The lowest BCUT2D eigenvalue weighted by Gasteiger charge is -2.28. The quantitative estimate of drug-likeness (QED) is 0.765. The van der Waals surface area contributed by atoms with E-state index in [1.54, 1.807) is 12.1 Å². The first-order valence-electron chi connectivity index (χ1n) is 5.91. The van der Waals surface area contributed by atoms with E-state index < -0.39 is 0 Å². The van der Waals surface area contributed by atoms with E-state index in [1.165, 1.54) is 5.06 Å². The first-order valence-corrected chi connectivity index (χ1v) is 5.91. The molecule has 0 saturated carbocycles. The molecule has 3 rings (SSSR count). The molecule has 90 valence electrons. The summed E-state index contributed by atoms with van der Waals surface area (Å²) in [5, 5.41) is 1.43. The Hall–Kier alpha value is -2.13. The van der Waals surface area contributed by atoms with Crippen LogP contribution in [0.5, 0.6) is 0 Å². The largest absolute Gasteiger partial charge is 0.277 e. The molecule has 2 aromatic rings. The Morgan fingerprint density at radius 2 is 1.61 bits per heavy atom. The topological polar surface area (TPSA) is 29.5 Å². The fourth-order valence-corrected chi connectivity index (χ4v) is 2.06. The molecule has 2 aromatic carbocycles. The molecule has 0 unspecified atom stereocenters. The summed E-state index contributed by atoms with van der Waals surface area (Å²) in [5.41, 5.74) is 2.94. The van der Waals surface area contributed by atoms with Crippen LogP contribution in [0.1, 0.15) is 21.5 Å². The maximum Gasteiger partial charge on any atom is 0.277 e. The number of fused-ring (bicyclic) bond motifs is 1. The standard InChI is InChI=1S/C15H13NO2/c17-15(12-6-2-1-3-7-12)16-10-13-8-4-5-9-14(13)11-18-16/h1-9H,10-11H2. The molecule has 3 nitrogen and oxygen atoms in total. The van der Waals surface area contributed by atoms with E-state index in [1.807, 2.05) is 42.5 Å². The first kappa shape index (κ1) is 11.0. The molecular formula is C15H13NO2. The predicted octanol–water partition coefficient (Wildman–Crippen LogP) is 2.77. The molecule has 3 heteroatoms. The average molecular weight is 239 g/mol. The van der Waals surface area contributed by atoms with Crippen LogP contribution >= 0.6 is 0 Å². The van der Waals surface area contributed by atoms with Crippen LogP contribution in [0.25, 0.3) is 0 Å². The van der Waals surface area contributed by atoms with Gasteiger partial charge in [-0.05, 0) is 23.3 Å². The van der Waals surface area contributed by atoms with Gasteiger partial charge in [-0.3, -0.25) is 9.63 Å². The van der Waals surface area contributed by atoms with Gasteiger partial charge in [0.15, 0.2) is 0 Å². The van der Waals surface area contributed by atoms with Crippen LogP contribution in [-0.2, 0) is 18.0 Å². The Balaban J connectivity index is 1.82. The van der Waals surface area contributed by atoms with Gasteiger partial charge in [-0.1, -0.05) is 42.5 Å². The van der Waals surface area contributed by atoms with Crippen LogP contribution in [0, 0.1) is 0 Å². The summed E-state index contributed by atoms with van der Waals surface area (Å²) < 4.78 is 0. The molecule has 1 amide bonds. The molecule has 18 heavy (non-hydrogen) atoms. The molecule has 0 bridgehead atoms. The van der Waals surface area contributed by atoms with Gasteiger partial charge in [-0.2, -0.15) is 0 Å². The van der Waals surface area contributed by atoms with Crippen molar-refractivity contribution in [1.82, 2.24) is 5.06 Å². The van der Waals surface area contributed by atoms with Gasteiger partial charge in [0.25, 0.3) is 5.91 Å². The third kappa shape index (κ3) is 2.00. The smallest absolute Gasteiger partial charge is 0.267 e. The number of nitrogens with zero attached hydrogens (tertiary/aromatic N) is 1. The van der Waals surface area contributed by atoms with Crippen molar-refractivity contribution in [3.8, 4) is 0 Å². The zero-order valence-electron chi connectivity index (χ0n) is 9.87. The van der Waals surface area contributed by atoms with Gasteiger partial charge in [-0.15, -0.1) is 0 Å². The Morgan fingerprint density at radius 3 is 2.39 bits per heavy atom. The van der Waals surface area contributed by atoms with E-state index in [0.717, 1.165) is 11.1 Å². The fourth-order valence-electron chi connectivity index (χ4n) is 2.06. The Kier molecular flexibility index (Phi) is 2.82. The summed E-state index contributed by atoms with van der Waals surface area (Å²) >= 11 is 0. The van der Waals surface area contributed by atoms with Crippen molar-refractivity contribution >= 4 is 5.91 Å². The monoisotopic (exact) mass is 239 g/mol. The lowest BCUT2D eigenvalue weighted by atomic mass is 10.1. The summed E-state index contributed by atoms with van der Waals surface area (Å²) in [5.74, 6) is -0.0925. The summed E-state index contributed by atoms with van der Waals surface area (Å²) in [6, 6.07) is 17.2. The molecule has 0 aromatic heterocycles. The van der Waals surface area contributed by atoms with Crippen LogP contribution in [0.15, 0.2) is 54.6 Å². The van der Waals surface area contributed by atoms with Gasteiger partial charge in [0.05, 0.1) is 6.54 Å². The maximum atomic E-state index is 12.2. The van der Waals surface area contributed by atoms with Gasteiger partial charge >= 0.3 is 0 Å². The van der Waals surface area contributed by atoms with Crippen molar-refractivity contribution in [2.24, 2.45) is 0 Å². The molecule has 1 aliphatic rings. The average Bonchev–Trinajstić information content (AvgIpc) is 2.47. The summed E-state index contributed by atoms with van der Waals surface area (Å²) in [7, 11) is 0. The second-order valence-electron chi connectivity index (χ2n) is 4.25. The highest BCUT2D eigenvalue weighted by atomic mass is 16.7. The van der Waals surface area contributed by atoms with Crippen LogP contribution in [0.4, 0.5) is 0 Å². The zero-order valence-corrected chi connectivity index (χ0v) is 9.87. The van der Waals surface area contributed by atoms with Crippen molar-refractivity contribution in [1.29, 1.82) is 0 Å². The number of benzene rings is 2. The summed E-state index contributed by atoms with van der Waals surface area (Å²) in [6.07, 6.45) is 0. The number of carbonyl (C=O) groups is 1. The van der Waals surface area contributed by atoms with Crippen molar-refractivity contribution in [2.75, 3.05) is 0 Å². The highest BCUT2D eigenvalue weighted by Gasteiger charge is 2.22. The summed E-state index contributed by atoms with van der Waals surface area (Å²) in [6.45, 7) is 0.957. The lowest BCUT2D eigenvalue weighted by Crippen LogP contribution is -2.34. The van der Waals surface area contributed by atoms with Crippen LogP contribution in [0.3, 0.4) is 0 Å². The Bertz CT molecular complexity index is 566. The molecule has 0 fully saturated rings. The van der Waals surface area contributed by atoms with Crippen molar-refractivity contribution in [3.63, 3.8) is 0 Å². The van der Waals surface area contributed by atoms with Crippen molar-refractivity contribution in [3.05, 3.63) is 71.3 Å². The van der Waals surface area contributed by atoms with Gasteiger partial charge in [0.1, 0.15) is 6.61 Å². The Morgan fingerprint density at radius 1 is 0.944 bits per heavy atom. The van der Waals surface area contributed by atoms with E-state index in [4.69, 9.17) is 4.84 Å². The molecule has 1 heterocycles. The summed E-state index contributed by atoms with van der Waals surface area (Å²) in [4.78, 5) is 17.7. The molecule has 0 aliphatic carbocycles. The minimum absolute atomic E-state index is 0.0925. The molecule has 0 radical (unpaired) electrons. The highest BCUT2D eigenvalue weighted by Crippen LogP contribution is 2.21. The van der Waals surface area contributed by atoms with Crippen molar-refractivity contribution in [2.45, 2.75) is 13.2 Å². The van der Waals surface area contributed by atoms with Gasteiger partial charge in [-0.25, -0.2) is 5.06 Å². The van der Waals surface area contributed by atoms with E-state index in [-0.39, 0.29) is 5.91 Å². The van der Waals surface area contributed by atoms with Crippen LogP contribution in [-0.4, -0.2) is 11.0 Å². The van der Waals surface area contributed by atoms with Crippen LogP contribution < -0.4 is 0 Å². The second-order valence-corrected chi connectivity index (χ2v) is 4.25. The first-order chi connectivity index (χ1) is 8.84. The molecule has 0 spiro atoms. The zero-order chi connectivity index (χ0) is 12.4. The number of rotatable bonds is 1. The molecule has 0 saturated heterocycles. The Labute approximate surface area is 106 Å². The van der Waals surface area contributed by atoms with Gasteiger partial charge in [0.2, 0.25) is 0 Å². The van der Waals surface area contributed by atoms with Gasteiger partial charge < -0.3 is 0 Å². The number of hydrogen-bond donors (Lipinski definition) is 0. The van der Waals surface area contributed by atoms with Crippen LogP contribution in [0.2, 0.25) is 0 Å². The third-order valence-electron chi connectivity index (χ3n) is 3.06. The lowest BCUT2D eigenvalue weighted by molar-refractivity contribution is -0.149. The third-order valence-corrected chi connectivity index (χ3v) is 3.06. The molecule has 0 N–H and O–H groups in total. The second kappa shape index (κ2) is 4.63. The number of hydrogen-bond acceptors (Lipinski definition) is 2. The predicted molar refractivity (Wildman–Crippen MR) is 67.5 cm³/mol. The van der Waals surface area contributed by atoms with E-state index >= 15 is 0 Å². The number of hydroxylamine groups is 2. The SMILES string of the molecule is O=C(c1ccccc1)N1Cc2ccccc2CO1. The molecular weight excluding hydrogens is 226 g/mol. The fraction of sp³-hybridized carbons (Fsp3) is 0.133. The number of carbonyl (C=O) groups excluding carboxylic acids is 1. The maximum absolute atomic E-state index is 12.2.